The molecule has 2 rings (SSSR count). The van der Waals surface area contributed by atoms with Crippen LogP contribution in [0.3, 0.4) is 0 Å². The molecule has 1 atom stereocenters. The Labute approximate surface area is 103 Å². The summed E-state index contributed by atoms with van der Waals surface area (Å²) >= 11 is 1.39. The van der Waals surface area contributed by atoms with Crippen LogP contribution >= 0.6 is 11.3 Å². The molecule has 0 aliphatic heterocycles. The maximum atomic E-state index is 11.7. The van der Waals surface area contributed by atoms with Gasteiger partial charge in [-0.2, -0.15) is 0 Å². The Morgan fingerprint density at radius 1 is 1.65 bits per heavy atom. The summed E-state index contributed by atoms with van der Waals surface area (Å²) in [6.07, 6.45) is 7.94. The molecule has 0 saturated carbocycles. The van der Waals surface area contributed by atoms with Crippen LogP contribution in [0, 0.1) is 5.92 Å². The highest BCUT2D eigenvalue weighted by Gasteiger charge is 2.12. The van der Waals surface area contributed by atoms with Crippen molar-refractivity contribution in [3.63, 3.8) is 0 Å². The standard InChI is InChI=1S/C12H12N2O2S/c15-6-5-9-1-3-10(4-2-9)14-12(16)11-7-17-8-13-11/h1,3-4,6-9H,2,5H2,(H,14,16). The first-order valence-corrected chi connectivity index (χ1v) is 6.25. The summed E-state index contributed by atoms with van der Waals surface area (Å²) in [6.45, 7) is 0. The van der Waals surface area contributed by atoms with E-state index in [0.717, 1.165) is 18.4 Å². The van der Waals surface area contributed by atoms with Crippen molar-refractivity contribution in [2.24, 2.45) is 5.92 Å². The van der Waals surface area contributed by atoms with E-state index in [1.165, 1.54) is 11.3 Å². The Morgan fingerprint density at radius 2 is 2.53 bits per heavy atom. The van der Waals surface area contributed by atoms with E-state index in [2.05, 4.69) is 10.3 Å². The van der Waals surface area contributed by atoms with Gasteiger partial charge in [0.15, 0.2) is 0 Å². The molecule has 1 heterocycles. The topological polar surface area (TPSA) is 59.1 Å². The Hall–Kier alpha value is -1.75. The quantitative estimate of drug-likeness (QED) is 0.828. The Balaban J connectivity index is 1.92. The molecule has 1 aromatic heterocycles. The molecule has 1 unspecified atom stereocenters. The van der Waals surface area contributed by atoms with Crippen LogP contribution in [0.5, 0.6) is 0 Å². The van der Waals surface area contributed by atoms with Crippen molar-refractivity contribution in [3.8, 4) is 0 Å². The van der Waals surface area contributed by atoms with Crippen LogP contribution in [0.2, 0.25) is 0 Å². The predicted octanol–water partition coefficient (Wildman–Crippen LogP) is 1.92. The lowest BCUT2D eigenvalue weighted by Crippen LogP contribution is -2.23. The number of allylic oxidation sites excluding steroid dienone is 3. The number of nitrogens with zero attached hydrogens (tertiary/aromatic N) is 1. The lowest BCUT2D eigenvalue weighted by atomic mass is 9.97. The van der Waals surface area contributed by atoms with Crippen LogP contribution in [0.4, 0.5) is 0 Å². The molecule has 1 N–H and O–H groups in total. The third kappa shape index (κ3) is 3.10. The van der Waals surface area contributed by atoms with Crippen LogP contribution in [0.1, 0.15) is 23.3 Å². The van der Waals surface area contributed by atoms with Crippen molar-refractivity contribution in [3.05, 3.63) is 40.5 Å². The summed E-state index contributed by atoms with van der Waals surface area (Å²) in [5.41, 5.74) is 2.82. The second-order valence-corrected chi connectivity index (χ2v) is 4.46. The Kier molecular flexibility index (Phi) is 3.82. The first kappa shape index (κ1) is 11.7. The van der Waals surface area contributed by atoms with E-state index in [9.17, 15) is 9.59 Å². The van der Waals surface area contributed by atoms with Gasteiger partial charge in [0, 0.05) is 17.5 Å². The number of amides is 1. The van der Waals surface area contributed by atoms with Gasteiger partial charge in [-0.05, 0) is 18.4 Å². The minimum atomic E-state index is -0.198. The molecule has 0 saturated heterocycles. The van der Waals surface area contributed by atoms with Gasteiger partial charge in [-0.25, -0.2) is 4.98 Å². The predicted molar refractivity (Wildman–Crippen MR) is 65.6 cm³/mol. The molecule has 1 aromatic rings. The first-order valence-electron chi connectivity index (χ1n) is 5.31. The molecule has 0 spiro atoms. The highest BCUT2D eigenvalue weighted by atomic mass is 32.1. The van der Waals surface area contributed by atoms with Gasteiger partial charge < -0.3 is 10.1 Å². The molecule has 1 amide bonds. The lowest BCUT2D eigenvalue weighted by Gasteiger charge is -2.13. The molecule has 0 aromatic carbocycles. The van der Waals surface area contributed by atoms with Gasteiger partial charge >= 0.3 is 0 Å². The van der Waals surface area contributed by atoms with Crippen molar-refractivity contribution in [2.75, 3.05) is 0 Å². The first-order chi connectivity index (χ1) is 8.29. The monoisotopic (exact) mass is 248 g/mol. The maximum Gasteiger partial charge on any atom is 0.275 e. The molecule has 1 aliphatic rings. The van der Waals surface area contributed by atoms with Gasteiger partial charge in [-0.15, -0.1) is 11.3 Å². The van der Waals surface area contributed by atoms with Crippen LogP contribution in [0.15, 0.2) is 34.8 Å². The van der Waals surface area contributed by atoms with Crippen LogP contribution in [-0.2, 0) is 4.79 Å². The fourth-order valence-corrected chi connectivity index (χ4v) is 2.11. The van der Waals surface area contributed by atoms with Crippen LogP contribution in [-0.4, -0.2) is 17.2 Å². The summed E-state index contributed by atoms with van der Waals surface area (Å²) in [5, 5.41) is 4.48. The molecular weight excluding hydrogens is 236 g/mol. The molecule has 5 heteroatoms. The van der Waals surface area contributed by atoms with E-state index in [1.54, 1.807) is 10.9 Å². The molecule has 17 heavy (non-hydrogen) atoms. The fourth-order valence-electron chi connectivity index (χ4n) is 1.58. The molecule has 0 fully saturated rings. The molecular formula is C12H12N2O2S. The van der Waals surface area contributed by atoms with Gasteiger partial charge in [0.1, 0.15) is 12.0 Å². The average Bonchev–Trinajstić information content (AvgIpc) is 2.86. The van der Waals surface area contributed by atoms with Crippen LogP contribution in [0.25, 0.3) is 0 Å². The van der Waals surface area contributed by atoms with Gasteiger partial charge in [0.2, 0.25) is 0 Å². The van der Waals surface area contributed by atoms with Crippen LogP contribution < -0.4 is 5.32 Å². The minimum absolute atomic E-state index is 0.198. The normalized spacial score (nSPS) is 18.6. The van der Waals surface area contributed by atoms with Crippen molar-refractivity contribution in [2.45, 2.75) is 12.8 Å². The molecule has 88 valence electrons. The molecule has 0 bridgehead atoms. The second kappa shape index (κ2) is 5.54. The largest absolute Gasteiger partial charge is 0.321 e. The summed E-state index contributed by atoms with van der Waals surface area (Å²) in [7, 11) is 0. The number of hydrogen-bond acceptors (Lipinski definition) is 4. The number of rotatable bonds is 4. The summed E-state index contributed by atoms with van der Waals surface area (Å²) in [5.74, 6) is 0.0587. The number of nitrogens with one attached hydrogen (secondary N) is 1. The molecule has 1 aliphatic carbocycles. The summed E-state index contributed by atoms with van der Waals surface area (Å²) in [6, 6.07) is 0. The van der Waals surface area contributed by atoms with Gasteiger partial charge in [-0.1, -0.05) is 12.2 Å². The number of thiazole rings is 1. The summed E-state index contributed by atoms with van der Waals surface area (Å²) in [4.78, 5) is 26.0. The lowest BCUT2D eigenvalue weighted by molar-refractivity contribution is -0.108. The number of carbonyl (C=O) groups is 2. The molecule has 0 radical (unpaired) electrons. The van der Waals surface area contributed by atoms with E-state index >= 15 is 0 Å². The Bertz CT molecular complexity index is 463. The summed E-state index contributed by atoms with van der Waals surface area (Å²) < 4.78 is 0. The third-order valence-corrected chi connectivity index (χ3v) is 3.10. The smallest absolute Gasteiger partial charge is 0.275 e. The van der Waals surface area contributed by atoms with E-state index in [0.29, 0.717) is 12.1 Å². The van der Waals surface area contributed by atoms with Crippen molar-refractivity contribution in [1.29, 1.82) is 0 Å². The van der Waals surface area contributed by atoms with E-state index in [4.69, 9.17) is 0 Å². The van der Waals surface area contributed by atoms with Gasteiger partial charge in [0.05, 0.1) is 5.51 Å². The SMILES string of the molecule is O=CCC1C=CC(NC(=O)c2cscn2)=CC1. The Morgan fingerprint density at radius 3 is 3.12 bits per heavy atom. The zero-order valence-corrected chi connectivity index (χ0v) is 9.94. The highest BCUT2D eigenvalue weighted by Crippen LogP contribution is 2.17. The second-order valence-electron chi connectivity index (χ2n) is 3.74. The highest BCUT2D eigenvalue weighted by molar-refractivity contribution is 7.07. The zero-order valence-electron chi connectivity index (χ0n) is 9.13. The maximum absolute atomic E-state index is 11.7. The zero-order chi connectivity index (χ0) is 12.1. The fraction of sp³-hybridized carbons (Fsp3) is 0.250. The number of aldehydes is 1. The third-order valence-electron chi connectivity index (χ3n) is 2.51. The van der Waals surface area contributed by atoms with Gasteiger partial charge in [-0.3, -0.25) is 4.79 Å². The average molecular weight is 248 g/mol. The minimum Gasteiger partial charge on any atom is -0.321 e. The van der Waals surface area contributed by atoms with E-state index in [1.807, 2.05) is 18.2 Å². The van der Waals surface area contributed by atoms with Crippen molar-refractivity contribution in [1.82, 2.24) is 10.3 Å². The van der Waals surface area contributed by atoms with Gasteiger partial charge in [0.25, 0.3) is 5.91 Å². The number of aromatic nitrogens is 1. The molecule has 4 nitrogen and oxygen atoms in total. The number of hydrogen-bond donors (Lipinski definition) is 1. The van der Waals surface area contributed by atoms with Crippen molar-refractivity contribution >= 4 is 23.5 Å². The van der Waals surface area contributed by atoms with Crippen molar-refractivity contribution < 1.29 is 9.59 Å². The number of carbonyl (C=O) groups excluding carboxylic acids is 2. The van der Waals surface area contributed by atoms with E-state index < -0.39 is 0 Å². The van der Waals surface area contributed by atoms with E-state index in [-0.39, 0.29) is 11.8 Å².